The molecule has 1 atom stereocenters. The molecule has 0 saturated carbocycles. The molecule has 1 aliphatic heterocycles. The zero-order valence-electron chi connectivity index (χ0n) is 8.98. The standard InChI is InChI=1S/C11H16N2O2/c1-2-14-10-6-7-12-11(13-10)9-5-3-4-8-15-9/h6-7,9H,2-5,8H2,1H3. The average Bonchev–Trinajstić information content (AvgIpc) is 2.31. The third kappa shape index (κ3) is 2.65. The second kappa shape index (κ2) is 5.07. The van der Waals surface area contributed by atoms with E-state index in [0.717, 1.165) is 25.3 Å². The van der Waals surface area contributed by atoms with E-state index in [9.17, 15) is 0 Å². The summed E-state index contributed by atoms with van der Waals surface area (Å²) in [6, 6.07) is 1.77. The van der Waals surface area contributed by atoms with E-state index >= 15 is 0 Å². The fraction of sp³-hybridized carbons (Fsp3) is 0.636. The summed E-state index contributed by atoms with van der Waals surface area (Å²) in [4.78, 5) is 8.56. The first kappa shape index (κ1) is 10.4. The highest BCUT2D eigenvalue weighted by atomic mass is 16.5. The van der Waals surface area contributed by atoms with Gasteiger partial charge in [0.1, 0.15) is 6.10 Å². The molecule has 0 bridgehead atoms. The van der Waals surface area contributed by atoms with Gasteiger partial charge >= 0.3 is 0 Å². The maximum atomic E-state index is 5.62. The van der Waals surface area contributed by atoms with Gasteiger partial charge in [-0.25, -0.2) is 4.98 Å². The highest BCUT2D eigenvalue weighted by Gasteiger charge is 2.18. The minimum absolute atomic E-state index is 0.0548. The summed E-state index contributed by atoms with van der Waals surface area (Å²) < 4.78 is 10.9. The Morgan fingerprint density at radius 3 is 3.20 bits per heavy atom. The predicted octanol–water partition coefficient (Wildman–Crippen LogP) is 2.12. The van der Waals surface area contributed by atoms with E-state index in [1.165, 1.54) is 6.42 Å². The first-order chi connectivity index (χ1) is 7.40. The van der Waals surface area contributed by atoms with Gasteiger partial charge in [-0.1, -0.05) is 0 Å². The van der Waals surface area contributed by atoms with Crippen LogP contribution in [-0.4, -0.2) is 23.2 Å². The van der Waals surface area contributed by atoms with Crippen LogP contribution in [0.15, 0.2) is 12.3 Å². The van der Waals surface area contributed by atoms with Crippen molar-refractivity contribution in [2.75, 3.05) is 13.2 Å². The number of ether oxygens (including phenoxy) is 2. The molecule has 0 spiro atoms. The Hall–Kier alpha value is -1.16. The van der Waals surface area contributed by atoms with Crippen molar-refractivity contribution in [3.63, 3.8) is 0 Å². The fourth-order valence-corrected chi connectivity index (χ4v) is 1.68. The molecule has 0 amide bonds. The van der Waals surface area contributed by atoms with Crippen LogP contribution in [0.2, 0.25) is 0 Å². The van der Waals surface area contributed by atoms with Crippen molar-refractivity contribution in [3.8, 4) is 5.88 Å². The van der Waals surface area contributed by atoms with Crippen LogP contribution in [0.1, 0.15) is 38.1 Å². The second-order valence-corrected chi connectivity index (χ2v) is 3.54. The van der Waals surface area contributed by atoms with Gasteiger partial charge in [0.15, 0.2) is 5.82 Å². The lowest BCUT2D eigenvalue weighted by Gasteiger charge is -2.21. The van der Waals surface area contributed by atoms with Crippen LogP contribution in [0.4, 0.5) is 0 Å². The van der Waals surface area contributed by atoms with E-state index in [0.29, 0.717) is 12.5 Å². The zero-order chi connectivity index (χ0) is 10.5. The predicted molar refractivity (Wildman–Crippen MR) is 55.7 cm³/mol. The van der Waals surface area contributed by atoms with Gasteiger partial charge in [-0.15, -0.1) is 0 Å². The lowest BCUT2D eigenvalue weighted by atomic mass is 10.1. The molecule has 82 valence electrons. The molecule has 15 heavy (non-hydrogen) atoms. The highest BCUT2D eigenvalue weighted by Crippen LogP contribution is 2.25. The summed E-state index contributed by atoms with van der Waals surface area (Å²) in [6.45, 7) is 3.38. The van der Waals surface area contributed by atoms with Gasteiger partial charge in [0.2, 0.25) is 5.88 Å². The van der Waals surface area contributed by atoms with E-state index in [-0.39, 0.29) is 6.10 Å². The number of nitrogens with zero attached hydrogens (tertiary/aromatic N) is 2. The molecule has 2 heterocycles. The molecule has 0 aliphatic carbocycles. The van der Waals surface area contributed by atoms with E-state index < -0.39 is 0 Å². The van der Waals surface area contributed by atoms with Crippen LogP contribution in [-0.2, 0) is 4.74 Å². The quantitative estimate of drug-likeness (QED) is 0.763. The Kier molecular flexibility index (Phi) is 3.50. The maximum absolute atomic E-state index is 5.62. The Balaban J connectivity index is 2.09. The molecular formula is C11H16N2O2. The minimum atomic E-state index is 0.0548. The second-order valence-electron chi connectivity index (χ2n) is 3.54. The van der Waals surface area contributed by atoms with E-state index in [4.69, 9.17) is 9.47 Å². The molecule has 2 rings (SSSR count). The fourth-order valence-electron chi connectivity index (χ4n) is 1.68. The zero-order valence-corrected chi connectivity index (χ0v) is 8.98. The van der Waals surface area contributed by atoms with Crippen LogP contribution in [0.5, 0.6) is 5.88 Å². The van der Waals surface area contributed by atoms with Crippen molar-refractivity contribution in [1.82, 2.24) is 9.97 Å². The van der Waals surface area contributed by atoms with Crippen molar-refractivity contribution in [1.29, 1.82) is 0 Å². The van der Waals surface area contributed by atoms with Crippen molar-refractivity contribution in [2.45, 2.75) is 32.3 Å². The Morgan fingerprint density at radius 2 is 2.47 bits per heavy atom. The average molecular weight is 208 g/mol. The van der Waals surface area contributed by atoms with E-state index in [1.807, 2.05) is 6.92 Å². The summed E-state index contributed by atoms with van der Waals surface area (Å²) >= 11 is 0. The normalized spacial score (nSPS) is 21.3. The lowest BCUT2D eigenvalue weighted by Crippen LogP contribution is -2.14. The van der Waals surface area contributed by atoms with E-state index in [2.05, 4.69) is 9.97 Å². The Morgan fingerprint density at radius 1 is 1.53 bits per heavy atom. The molecule has 4 heteroatoms. The van der Waals surface area contributed by atoms with Gasteiger partial charge < -0.3 is 9.47 Å². The summed E-state index contributed by atoms with van der Waals surface area (Å²) in [5, 5.41) is 0. The van der Waals surface area contributed by atoms with Crippen molar-refractivity contribution in [3.05, 3.63) is 18.1 Å². The molecule has 1 aliphatic rings. The van der Waals surface area contributed by atoms with Crippen LogP contribution < -0.4 is 4.74 Å². The Bertz CT molecular complexity index is 311. The molecule has 4 nitrogen and oxygen atoms in total. The number of aromatic nitrogens is 2. The van der Waals surface area contributed by atoms with Gasteiger partial charge in [0.25, 0.3) is 0 Å². The monoisotopic (exact) mass is 208 g/mol. The topological polar surface area (TPSA) is 44.2 Å². The first-order valence-electron chi connectivity index (χ1n) is 5.47. The molecular weight excluding hydrogens is 192 g/mol. The molecule has 0 aromatic carbocycles. The number of rotatable bonds is 3. The molecule has 1 unspecified atom stereocenters. The van der Waals surface area contributed by atoms with Gasteiger partial charge in [-0.05, 0) is 26.2 Å². The van der Waals surface area contributed by atoms with Crippen molar-refractivity contribution >= 4 is 0 Å². The van der Waals surface area contributed by atoms with Crippen LogP contribution >= 0.6 is 0 Å². The Labute approximate surface area is 89.6 Å². The molecule has 1 aromatic rings. The van der Waals surface area contributed by atoms with Gasteiger partial charge in [0.05, 0.1) is 6.61 Å². The first-order valence-corrected chi connectivity index (χ1v) is 5.47. The third-order valence-electron chi connectivity index (χ3n) is 2.41. The third-order valence-corrected chi connectivity index (χ3v) is 2.41. The van der Waals surface area contributed by atoms with Gasteiger partial charge in [-0.2, -0.15) is 4.98 Å². The molecule has 1 aromatic heterocycles. The molecule has 0 radical (unpaired) electrons. The molecule has 1 saturated heterocycles. The summed E-state index contributed by atoms with van der Waals surface area (Å²) in [5.41, 5.74) is 0. The summed E-state index contributed by atoms with van der Waals surface area (Å²) in [5.74, 6) is 1.39. The summed E-state index contributed by atoms with van der Waals surface area (Å²) in [6.07, 6.45) is 5.12. The minimum Gasteiger partial charge on any atom is -0.478 e. The smallest absolute Gasteiger partial charge is 0.216 e. The van der Waals surface area contributed by atoms with Gasteiger partial charge in [-0.3, -0.25) is 0 Å². The summed E-state index contributed by atoms with van der Waals surface area (Å²) in [7, 11) is 0. The SMILES string of the molecule is CCOc1ccnc(C2CCCCO2)n1. The molecule has 1 fully saturated rings. The molecule has 0 N–H and O–H groups in total. The maximum Gasteiger partial charge on any atom is 0.216 e. The number of hydrogen-bond acceptors (Lipinski definition) is 4. The largest absolute Gasteiger partial charge is 0.478 e. The van der Waals surface area contributed by atoms with Crippen molar-refractivity contribution < 1.29 is 9.47 Å². The van der Waals surface area contributed by atoms with Crippen molar-refractivity contribution in [2.24, 2.45) is 0 Å². The van der Waals surface area contributed by atoms with Crippen LogP contribution in [0.3, 0.4) is 0 Å². The number of hydrogen-bond donors (Lipinski definition) is 0. The van der Waals surface area contributed by atoms with Crippen LogP contribution in [0.25, 0.3) is 0 Å². The van der Waals surface area contributed by atoms with Crippen LogP contribution in [0, 0.1) is 0 Å². The van der Waals surface area contributed by atoms with Gasteiger partial charge in [0, 0.05) is 18.9 Å². The lowest BCUT2D eigenvalue weighted by molar-refractivity contribution is 0.00904. The van der Waals surface area contributed by atoms with E-state index in [1.54, 1.807) is 12.3 Å². The highest BCUT2D eigenvalue weighted by molar-refractivity contribution is 5.09.